The minimum atomic E-state index is -0.291. The number of amides is 1. The molecular formula is C22H26Br2ClFN2O. The minimum absolute atomic E-state index is 0. The van der Waals surface area contributed by atoms with Gasteiger partial charge in [-0.15, -0.1) is 12.4 Å². The van der Waals surface area contributed by atoms with E-state index in [0.29, 0.717) is 0 Å². The molecule has 3 nitrogen and oxygen atoms in total. The van der Waals surface area contributed by atoms with Gasteiger partial charge in [-0.25, -0.2) is 4.39 Å². The Labute approximate surface area is 194 Å². The van der Waals surface area contributed by atoms with Gasteiger partial charge in [0.2, 0.25) is 5.91 Å². The van der Waals surface area contributed by atoms with E-state index in [1.807, 2.05) is 44.2 Å². The zero-order chi connectivity index (χ0) is 20.3. The number of hydrogen-bond donors (Lipinski definition) is 2. The molecule has 0 radical (unpaired) electrons. The van der Waals surface area contributed by atoms with Gasteiger partial charge in [0, 0.05) is 20.3 Å². The van der Waals surface area contributed by atoms with E-state index in [2.05, 4.69) is 42.5 Å². The molecule has 1 aliphatic rings. The Balaban J connectivity index is 0.00000300. The number of carbonyl (C=O) groups excluding carboxylic acids is 1. The number of piperidine rings is 1. The van der Waals surface area contributed by atoms with Crippen molar-refractivity contribution >= 4 is 50.2 Å². The molecule has 1 heterocycles. The first-order valence-electron chi connectivity index (χ1n) is 9.55. The minimum Gasteiger partial charge on any atom is -0.349 e. The average molecular weight is 549 g/mol. The predicted molar refractivity (Wildman–Crippen MR) is 125 cm³/mol. The van der Waals surface area contributed by atoms with Gasteiger partial charge in [0.1, 0.15) is 5.82 Å². The largest absolute Gasteiger partial charge is 0.349 e. The molecule has 0 aromatic heterocycles. The van der Waals surface area contributed by atoms with Crippen LogP contribution in [0, 0.1) is 11.7 Å². The summed E-state index contributed by atoms with van der Waals surface area (Å²) in [7, 11) is 0. The molecule has 0 saturated carbocycles. The lowest BCUT2D eigenvalue weighted by atomic mass is 9.65. The zero-order valence-electron chi connectivity index (χ0n) is 16.5. The van der Waals surface area contributed by atoms with Crippen LogP contribution in [-0.4, -0.2) is 19.0 Å². The third-order valence-corrected chi connectivity index (χ3v) is 6.80. The van der Waals surface area contributed by atoms with Crippen LogP contribution in [0.2, 0.25) is 0 Å². The molecule has 3 rings (SSSR count). The molecule has 2 N–H and O–H groups in total. The van der Waals surface area contributed by atoms with E-state index >= 15 is 0 Å². The highest BCUT2D eigenvalue weighted by Gasteiger charge is 2.42. The van der Waals surface area contributed by atoms with Crippen molar-refractivity contribution in [3.63, 3.8) is 0 Å². The number of carbonyl (C=O) groups is 1. The summed E-state index contributed by atoms with van der Waals surface area (Å²) in [5.74, 6) is -0.452. The van der Waals surface area contributed by atoms with Crippen LogP contribution >= 0.6 is 44.3 Å². The number of nitrogens with one attached hydrogen (secondary N) is 2. The van der Waals surface area contributed by atoms with Crippen molar-refractivity contribution in [3.05, 3.63) is 68.4 Å². The standard InChI is InChI=1S/C22H25Br2FN2O.ClH/c1-14(21(28)27-15(2)16-11-18(23)13-19(24)12-16)22(7-9-26-10-8-22)17-3-5-20(25)6-4-17;/h3-6,11-15,26H,7-10H2,1-2H3,(H,27,28);1H. The predicted octanol–water partition coefficient (Wildman–Crippen LogP) is 5.91. The fourth-order valence-electron chi connectivity index (χ4n) is 4.12. The second-order valence-electron chi connectivity index (χ2n) is 7.57. The smallest absolute Gasteiger partial charge is 0.224 e. The highest BCUT2D eigenvalue weighted by molar-refractivity contribution is 9.11. The first-order chi connectivity index (χ1) is 13.3. The molecule has 0 bridgehead atoms. The van der Waals surface area contributed by atoms with Crippen LogP contribution in [0.5, 0.6) is 0 Å². The summed E-state index contributed by atoms with van der Waals surface area (Å²) in [5.41, 5.74) is 1.78. The lowest BCUT2D eigenvalue weighted by Crippen LogP contribution is -2.49. The van der Waals surface area contributed by atoms with E-state index in [1.54, 1.807) is 0 Å². The highest BCUT2D eigenvalue weighted by Crippen LogP contribution is 2.41. The second kappa shape index (κ2) is 10.4. The Morgan fingerprint density at radius 3 is 2.17 bits per heavy atom. The van der Waals surface area contributed by atoms with Crippen LogP contribution in [0.4, 0.5) is 4.39 Å². The summed E-state index contributed by atoms with van der Waals surface area (Å²) in [6.45, 7) is 5.69. The molecule has 2 unspecified atom stereocenters. The Morgan fingerprint density at radius 1 is 1.07 bits per heavy atom. The summed E-state index contributed by atoms with van der Waals surface area (Å²) in [6, 6.07) is 12.5. The molecule has 2 aromatic rings. The Kier molecular flexibility index (Phi) is 8.71. The maximum atomic E-state index is 13.5. The van der Waals surface area contributed by atoms with Crippen molar-refractivity contribution in [1.29, 1.82) is 0 Å². The van der Waals surface area contributed by atoms with E-state index in [9.17, 15) is 9.18 Å². The van der Waals surface area contributed by atoms with E-state index < -0.39 is 0 Å². The van der Waals surface area contributed by atoms with Gasteiger partial charge in [-0.05, 0) is 74.3 Å². The van der Waals surface area contributed by atoms with Gasteiger partial charge < -0.3 is 10.6 Å². The molecule has 1 amide bonds. The summed E-state index contributed by atoms with van der Waals surface area (Å²) in [6.07, 6.45) is 1.70. The Morgan fingerprint density at radius 2 is 1.62 bits per heavy atom. The fourth-order valence-corrected chi connectivity index (χ4v) is 5.45. The van der Waals surface area contributed by atoms with Gasteiger partial charge in [0.25, 0.3) is 0 Å². The maximum Gasteiger partial charge on any atom is 0.224 e. The number of benzene rings is 2. The first-order valence-corrected chi connectivity index (χ1v) is 11.1. The van der Waals surface area contributed by atoms with Crippen LogP contribution in [-0.2, 0) is 10.2 Å². The van der Waals surface area contributed by atoms with E-state index in [4.69, 9.17) is 0 Å². The van der Waals surface area contributed by atoms with Crippen LogP contribution in [0.1, 0.15) is 43.9 Å². The van der Waals surface area contributed by atoms with Crippen LogP contribution < -0.4 is 10.6 Å². The molecule has 0 spiro atoms. The van der Waals surface area contributed by atoms with E-state index in [1.165, 1.54) is 12.1 Å². The summed E-state index contributed by atoms with van der Waals surface area (Å²) >= 11 is 7.01. The van der Waals surface area contributed by atoms with Crippen LogP contribution in [0.25, 0.3) is 0 Å². The van der Waals surface area contributed by atoms with Crippen LogP contribution in [0.3, 0.4) is 0 Å². The molecule has 2 aromatic carbocycles. The zero-order valence-corrected chi connectivity index (χ0v) is 20.5. The van der Waals surface area contributed by atoms with Crippen molar-refractivity contribution in [1.82, 2.24) is 10.6 Å². The molecule has 1 saturated heterocycles. The third-order valence-electron chi connectivity index (χ3n) is 5.88. The molecular weight excluding hydrogens is 523 g/mol. The van der Waals surface area contributed by atoms with Gasteiger partial charge in [-0.3, -0.25) is 4.79 Å². The lowest BCUT2D eigenvalue weighted by Gasteiger charge is -2.42. The normalized spacial score (nSPS) is 17.7. The molecule has 7 heteroatoms. The summed E-state index contributed by atoms with van der Waals surface area (Å²) in [4.78, 5) is 13.2. The third kappa shape index (κ3) is 5.60. The second-order valence-corrected chi connectivity index (χ2v) is 9.40. The van der Waals surface area contributed by atoms with E-state index in [0.717, 1.165) is 46.0 Å². The number of rotatable bonds is 5. The quantitative estimate of drug-likeness (QED) is 0.488. The van der Waals surface area contributed by atoms with Gasteiger partial charge in [-0.2, -0.15) is 0 Å². The lowest BCUT2D eigenvalue weighted by molar-refractivity contribution is -0.127. The SMILES string of the molecule is CC(NC(=O)C(C)C1(c2ccc(F)cc2)CCNCC1)c1cc(Br)cc(Br)c1.Cl. The van der Waals surface area contributed by atoms with Crippen molar-refractivity contribution in [2.75, 3.05) is 13.1 Å². The number of hydrogen-bond acceptors (Lipinski definition) is 2. The monoisotopic (exact) mass is 546 g/mol. The van der Waals surface area contributed by atoms with Crippen molar-refractivity contribution in [2.45, 2.75) is 38.1 Å². The molecule has 29 heavy (non-hydrogen) atoms. The maximum absolute atomic E-state index is 13.5. The molecule has 0 aliphatic carbocycles. The van der Waals surface area contributed by atoms with Gasteiger partial charge in [0.15, 0.2) is 0 Å². The molecule has 2 atom stereocenters. The van der Waals surface area contributed by atoms with E-state index in [-0.39, 0.29) is 41.5 Å². The summed E-state index contributed by atoms with van der Waals surface area (Å²) < 4.78 is 15.4. The molecule has 1 fully saturated rings. The summed E-state index contributed by atoms with van der Waals surface area (Å²) in [5, 5.41) is 6.56. The average Bonchev–Trinajstić information content (AvgIpc) is 2.67. The highest BCUT2D eigenvalue weighted by atomic mass is 79.9. The van der Waals surface area contributed by atoms with Gasteiger partial charge >= 0.3 is 0 Å². The van der Waals surface area contributed by atoms with Gasteiger partial charge in [0.05, 0.1) is 6.04 Å². The molecule has 158 valence electrons. The first kappa shape index (κ1) is 24.3. The van der Waals surface area contributed by atoms with Crippen molar-refractivity contribution in [2.24, 2.45) is 5.92 Å². The molecule has 1 aliphatic heterocycles. The Bertz CT molecular complexity index is 821. The topological polar surface area (TPSA) is 41.1 Å². The van der Waals surface area contributed by atoms with Gasteiger partial charge in [-0.1, -0.05) is 50.9 Å². The van der Waals surface area contributed by atoms with Crippen molar-refractivity contribution < 1.29 is 9.18 Å². The fraction of sp³-hybridized carbons (Fsp3) is 0.409. The number of halogens is 4. The Hall–Kier alpha value is -0.950. The van der Waals surface area contributed by atoms with Crippen LogP contribution in [0.15, 0.2) is 51.4 Å². The van der Waals surface area contributed by atoms with Crippen molar-refractivity contribution in [3.8, 4) is 0 Å².